The van der Waals surface area contributed by atoms with E-state index in [0.29, 0.717) is 11.8 Å². The lowest BCUT2D eigenvalue weighted by Gasteiger charge is -2.24. The van der Waals surface area contributed by atoms with E-state index < -0.39 is 9.84 Å². The second-order valence-electron chi connectivity index (χ2n) is 4.61. The van der Waals surface area contributed by atoms with Gasteiger partial charge in [-0.3, -0.25) is 4.90 Å². The highest BCUT2D eigenvalue weighted by molar-refractivity contribution is 9.09. The van der Waals surface area contributed by atoms with Crippen LogP contribution in [0, 0.1) is 5.92 Å². The molecule has 16 heavy (non-hydrogen) atoms. The molecule has 96 valence electrons. The fourth-order valence-corrected chi connectivity index (χ4v) is 4.15. The second kappa shape index (κ2) is 6.36. The molecule has 2 atom stereocenters. The van der Waals surface area contributed by atoms with Gasteiger partial charge in [-0.15, -0.1) is 0 Å². The first-order valence-electron chi connectivity index (χ1n) is 6.00. The number of hydrogen-bond donors (Lipinski definition) is 0. The van der Waals surface area contributed by atoms with Crippen LogP contribution in [0.1, 0.15) is 26.7 Å². The summed E-state index contributed by atoms with van der Waals surface area (Å²) in [6, 6.07) is 0.587. The highest BCUT2D eigenvalue weighted by Crippen LogP contribution is 2.25. The quantitative estimate of drug-likeness (QED) is 0.703. The molecule has 0 amide bonds. The first-order chi connectivity index (χ1) is 7.50. The average molecular weight is 312 g/mol. The Hall–Kier alpha value is 0.390. The number of nitrogens with zero attached hydrogens (tertiary/aromatic N) is 1. The van der Waals surface area contributed by atoms with Crippen molar-refractivity contribution in [3.8, 4) is 0 Å². The van der Waals surface area contributed by atoms with Crippen LogP contribution >= 0.6 is 15.9 Å². The Kier molecular flexibility index (Phi) is 5.74. The molecule has 0 spiro atoms. The molecule has 0 aromatic heterocycles. The summed E-state index contributed by atoms with van der Waals surface area (Å²) >= 11 is 3.54. The third kappa shape index (κ3) is 4.00. The summed E-state index contributed by atoms with van der Waals surface area (Å²) in [5.41, 5.74) is 0. The van der Waals surface area contributed by atoms with Crippen molar-refractivity contribution in [1.82, 2.24) is 4.90 Å². The predicted molar refractivity (Wildman–Crippen MR) is 71.9 cm³/mol. The molecule has 1 saturated heterocycles. The molecule has 1 heterocycles. The van der Waals surface area contributed by atoms with E-state index in [9.17, 15) is 8.42 Å². The maximum absolute atomic E-state index is 11.4. The van der Waals surface area contributed by atoms with Crippen LogP contribution in [-0.4, -0.2) is 49.3 Å². The van der Waals surface area contributed by atoms with Gasteiger partial charge in [0.25, 0.3) is 0 Å². The molecular weight excluding hydrogens is 290 g/mol. The van der Waals surface area contributed by atoms with Gasteiger partial charge in [-0.05, 0) is 31.8 Å². The number of hydrogen-bond acceptors (Lipinski definition) is 3. The average Bonchev–Trinajstić information content (AvgIpc) is 2.59. The van der Waals surface area contributed by atoms with Gasteiger partial charge in [-0.1, -0.05) is 29.8 Å². The third-order valence-corrected chi connectivity index (χ3v) is 5.95. The largest absolute Gasteiger partial charge is 0.299 e. The molecule has 1 aliphatic heterocycles. The third-order valence-electron chi connectivity index (χ3n) is 3.50. The zero-order chi connectivity index (χ0) is 12.2. The molecule has 0 saturated carbocycles. The predicted octanol–water partition coefficient (Wildman–Crippen LogP) is 1.92. The van der Waals surface area contributed by atoms with Gasteiger partial charge in [0.2, 0.25) is 0 Å². The molecule has 0 aliphatic carbocycles. The zero-order valence-corrected chi connectivity index (χ0v) is 12.6. The summed E-state index contributed by atoms with van der Waals surface area (Å²) < 4.78 is 22.7. The van der Waals surface area contributed by atoms with Crippen LogP contribution in [0.5, 0.6) is 0 Å². The summed E-state index contributed by atoms with van der Waals surface area (Å²) in [5.74, 6) is 1.33. The van der Waals surface area contributed by atoms with Gasteiger partial charge in [0.15, 0.2) is 0 Å². The molecule has 0 radical (unpaired) electrons. The van der Waals surface area contributed by atoms with E-state index in [1.807, 2.05) is 0 Å². The maximum Gasteiger partial charge on any atom is 0.150 e. The van der Waals surface area contributed by atoms with E-state index >= 15 is 0 Å². The standard InChI is InChI=1S/C11H22BrNO2S/c1-3-16(14,15)8-4-6-13-7-5-10(2)11(13)9-12/h10-11H,3-9H2,1-2H3. The summed E-state index contributed by atoms with van der Waals surface area (Å²) in [6.45, 7) is 6.02. The minimum Gasteiger partial charge on any atom is -0.299 e. The fraction of sp³-hybridized carbons (Fsp3) is 1.00. The van der Waals surface area contributed by atoms with Crippen LogP contribution in [0.2, 0.25) is 0 Å². The van der Waals surface area contributed by atoms with Crippen molar-refractivity contribution in [2.24, 2.45) is 5.92 Å². The molecule has 1 fully saturated rings. The van der Waals surface area contributed by atoms with Crippen LogP contribution in [-0.2, 0) is 9.84 Å². The first-order valence-corrected chi connectivity index (χ1v) is 8.95. The van der Waals surface area contributed by atoms with Crippen molar-refractivity contribution in [3.63, 3.8) is 0 Å². The Labute approximate surface area is 108 Å². The first kappa shape index (κ1) is 14.5. The van der Waals surface area contributed by atoms with Crippen LogP contribution in [0.3, 0.4) is 0 Å². The Balaban J connectivity index is 2.33. The minimum absolute atomic E-state index is 0.269. The van der Waals surface area contributed by atoms with Crippen molar-refractivity contribution in [2.75, 3.05) is 29.9 Å². The molecule has 5 heteroatoms. The Morgan fingerprint density at radius 3 is 2.69 bits per heavy atom. The lowest BCUT2D eigenvalue weighted by atomic mass is 10.1. The fourth-order valence-electron chi connectivity index (χ4n) is 2.25. The molecule has 0 aromatic carbocycles. The van der Waals surface area contributed by atoms with Crippen molar-refractivity contribution >= 4 is 25.8 Å². The van der Waals surface area contributed by atoms with Gasteiger partial charge in [-0.2, -0.15) is 0 Å². The van der Waals surface area contributed by atoms with E-state index in [0.717, 1.165) is 30.8 Å². The second-order valence-corrected chi connectivity index (χ2v) is 7.73. The number of likely N-dealkylation sites (tertiary alicyclic amines) is 1. The van der Waals surface area contributed by atoms with Crippen LogP contribution in [0.15, 0.2) is 0 Å². The lowest BCUT2D eigenvalue weighted by Crippen LogP contribution is -2.35. The SMILES string of the molecule is CCS(=O)(=O)CCCN1CCC(C)C1CBr. The van der Waals surface area contributed by atoms with Gasteiger partial charge in [0, 0.05) is 17.1 Å². The van der Waals surface area contributed by atoms with Gasteiger partial charge in [0.05, 0.1) is 5.75 Å². The van der Waals surface area contributed by atoms with Crippen LogP contribution in [0.25, 0.3) is 0 Å². The van der Waals surface area contributed by atoms with Gasteiger partial charge in [0.1, 0.15) is 9.84 Å². The van der Waals surface area contributed by atoms with Crippen molar-refractivity contribution < 1.29 is 8.42 Å². The lowest BCUT2D eigenvalue weighted by molar-refractivity contribution is 0.253. The van der Waals surface area contributed by atoms with Crippen LogP contribution in [0.4, 0.5) is 0 Å². The molecule has 1 aliphatic rings. The zero-order valence-electron chi connectivity index (χ0n) is 10.2. The maximum atomic E-state index is 11.4. The summed E-state index contributed by atoms with van der Waals surface area (Å²) in [5, 5.41) is 0.995. The Morgan fingerprint density at radius 1 is 1.44 bits per heavy atom. The smallest absolute Gasteiger partial charge is 0.150 e. The van der Waals surface area contributed by atoms with Gasteiger partial charge in [-0.25, -0.2) is 8.42 Å². The number of alkyl halides is 1. The highest BCUT2D eigenvalue weighted by Gasteiger charge is 2.29. The van der Waals surface area contributed by atoms with Gasteiger partial charge >= 0.3 is 0 Å². The Bertz CT molecular complexity index is 305. The highest BCUT2D eigenvalue weighted by atomic mass is 79.9. The van der Waals surface area contributed by atoms with E-state index in [2.05, 4.69) is 27.8 Å². The van der Waals surface area contributed by atoms with E-state index in [1.165, 1.54) is 6.42 Å². The molecular formula is C11H22BrNO2S. The van der Waals surface area contributed by atoms with Crippen molar-refractivity contribution in [1.29, 1.82) is 0 Å². The number of sulfone groups is 1. The molecule has 0 aromatic rings. The van der Waals surface area contributed by atoms with E-state index in [-0.39, 0.29) is 5.75 Å². The molecule has 1 rings (SSSR count). The monoisotopic (exact) mass is 311 g/mol. The van der Waals surface area contributed by atoms with E-state index in [1.54, 1.807) is 6.92 Å². The molecule has 2 unspecified atom stereocenters. The molecule has 3 nitrogen and oxygen atoms in total. The minimum atomic E-state index is -2.79. The summed E-state index contributed by atoms with van der Waals surface area (Å²) in [7, 11) is -2.79. The van der Waals surface area contributed by atoms with Gasteiger partial charge < -0.3 is 0 Å². The molecule has 0 bridgehead atoms. The summed E-state index contributed by atoms with van der Waals surface area (Å²) in [6.07, 6.45) is 2.00. The molecule has 0 N–H and O–H groups in total. The van der Waals surface area contributed by atoms with Crippen molar-refractivity contribution in [3.05, 3.63) is 0 Å². The summed E-state index contributed by atoms with van der Waals surface area (Å²) in [4.78, 5) is 2.42. The number of rotatable bonds is 6. The topological polar surface area (TPSA) is 37.4 Å². The number of halogens is 1. The Morgan fingerprint density at radius 2 is 2.12 bits per heavy atom. The normalized spacial score (nSPS) is 27.4. The van der Waals surface area contributed by atoms with Crippen molar-refractivity contribution in [2.45, 2.75) is 32.7 Å². The van der Waals surface area contributed by atoms with Crippen LogP contribution < -0.4 is 0 Å². The van der Waals surface area contributed by atoms with E-state index in [4.69, 9.17) is 0 Å².